The molecule has 110 valence electrons. The minimum Gasteiger partial charge on any atom is -0.360 e. The van der Waals surface area contributed by atoms with Gasteiger partial charge in [0.25, 0.3) is 0 Å². The van der Waals surface area contributed by atoms with Gasteiger partial charge < -0.3 is 9.84 Å². The van der Waals surface area contributed by atoms with Gasteiger partial charge in [-0.15, -0.1) is 10.2 Å². The Hall–Kier alpha value is -1.15. The Labute approximate surface area is 126 Å². The lowest BCUT2D eigenvalue weighted by Gasteiger charge is -2.01. The highest BCUT2D eigenvalue weighted by Crippen LogP contribution is 2.36. The average molecular weight is 313 g/mol. The van der Waals surface area contributed by atoms with Crippen molar-refractivity contribution in [2.75, 3.05) is 11.9 Å². The molecular formula is C12H19N5OS2. The molecule has 0 saturated heterocycles. The highest BCUT2D eigenvalue weighted by atomic mass is 32.2. The van der Waals surface area contributed by atoms with Gasteiger partial charge in [0.05, 0.1) is 5.25 Å². The fourth-order valence-corrected chi connectivity index (χ4v) is 3.36. The molecule has 0 aromatic carbocycles. The van der Waals surface area contributed by atoms with Crippen LogP contribution in [0.25, 0.3) is 0 Å². The van der Waals surface area contributed by atoms with E-state index >= 15 is 0 Å². The molecule has 0 aliphatic heterocycles. The molecule has 2 aromatic rings. The fraction of sp³-hybridized carbons (Fsp3) is 0.667. The van der Waals surface area contributed by atoms with E-state index in [0.717, 1.165) is 28.3 Å². The van der Waals surface area contributed by atoms with E-state index in [1.807, 2.05) is 20.8 Å². The molecule has 1 N–H and O–H groups in total. The molecule has 20 heavy (non-hydrogen) atoms. The molecular weight excluding hydrogens is 294 g/mol. The third kappa shape index (κ3) is 3.92. The van der Waals surface area contributed by atoms with Crippen molar-refractivity contribution in [1.29, 1.82) is 0 Å². The molecule has 0 aliphatic carbocycles. The molecule has 0 bridgehead atoms. The van der Waals surface area contributed by atoms with Crippen LogP contribution in [0.3, 0.4) is 0 Å². The van der Waals surface area contributed by atoms with Crippen LogP contribution in [0.2, 0.25) is 0 Å². The van der Waals surface area contributed by atoms with Crippen LogP contribution < -0.4 is 5.32 Å². The second-order valence-corrected chi connectivity index (χ2v) is 7.27. The number of nitrogens with zero attached hydrogens (tertiary/aromatic N) is 4. The summed E-state index contributed by atoms with van der Waals surface area (Å²) in [5.41, 5.74) is 0. The van der Waals surface area contributed by atoms with Gasteiger partial charge in [-0.05, 0) is 13.3 Å². The maximum atomic E-state index is 5.29. The smallest absolute Gasteiger partial charge is 0.239 e. The van der Waals surface area contributed by atoms with Gasteiger partial charge in [0, 0.05) is 12.5 Å². The van der Waals surface area contributed by atoms with E-state index in [-0.39, 0.29) is 11.2 Å². The molecule has 0 amide bonds. The lowest BCUT2D eigenvalue weighted by Crippen LogP contribution is -1.98. The van der Waals surface area contributed by atoms with E-state index in [1.54, 1.807) is 23.1 Å². The molecule has 1 atom stereocenters. The molecule has 0 aliphatic rings. The summed E-state index contributed by atoms with van der Waals surface area (Å²) in [6, 6.07) is 0. The molecule has 2 heterocycles. The minimum absolute atomic E-state index is 0.0713. The first-order chi connectivity index (χ1) is 9.60. The van der Waals surface area contributed by atoms with Crippen molar-refractivity contribution >= 4 is 28.2 Å². The summed E-state index contributed by atoms with van der Waals surface area (Å²) in [5, 5.41) is 16.4. The Morgan fingerprint density at radius 1 is 1.30 bits per heavy atom. The van der Waals surface area contributed by atoms with Crippen molar-refractivity contribution in [1.82, 2.24) is 20.3 Å². The number of thioether (sulfide) groups is 1. The molecule has 0 spiro atoms. The van der Waals surface area contributed by atoms with Gasteiger partial charge in [-0.1, -0.05) is 49.0 Å². The van der Waals surface area contributed by atoms with Crippen molar-refractivity contribution in [3.05, 3.63) is 11.7 Å². The Morgan fingerprint density at radius 2 is 2.10 bits per heavy atom. The largest absolute Gasteiger partial charge is 0.360 e. The van der Waals surface area contributed by atoms with E-state index in [9.17, 15) is 0 Å². The third-order valence-electron chi connectivity index (χ3n) is 2.53. The second-order valence-electron chi connectivity index (χ2n) is 4.71. The monoisotopic (exact) mass is 313 g/mol. The van der Waals surface area contributed by atoms with Gasteiger partial charge in [0.1, 0.15) is 0 Å². The van der Waals surface area contributed by atoms with Crippen molar-refractivity contribution in [2.24, 2.45) is 0 Å². The number of anilines is 1. The van der Waals surface area contributed by atoms with E-state index in [4.69, 9.17) is 4.52 Å². The predicted octanol–water partition coefficient (Wildman–Crippen LogP) is 3.72. The summed E-state index contributed by atoms with van der Waals surface area (Å²) in [6.45, 7) is 9.15. The lowest BCUT2D eigenvalue weighted by molar-refractivity contribution is 0.373. The van der Waals surface area contributed by atoms with Crippen LogP contribution in [0, 0.1) is 0 Å². The zero-order chi connectivity index (χ0) is 14.5. The van der Waals surface area contributed by atoms with Crippen LogP contribution in [0.1, 0.15) is 57.0 Å². The van der Waals surface area contributed by atoms with Crippen LogP contribution in [0.15, 0.2) is 8.86 Å². The summed E-state index contributed by atoms with van der Waals surface area (Å²) in [4.78, 5) is 4.40. The Balaban J connectivity index is 1.96. The zero-order valence-electron chi connectivity index (χ0n) is 12.1. The van der Waals surface area contributed by atoms with Crippen LogP contribution in [-0.4, -0.2) is 26.9 Å². The SMILES string of the molecule is CCCNc1nnc(SC(C)c2nc(C(C)C)no2)s1. The van der Waals surface area contributed by atoms with E-state index in [1.165, 1.54) is 0 Å². The quantitative estimate of drug-likeness (QED) is 0.780. The van der Waals surface area contributed by atoms with Crippen LogP contribution >= 0.6 is 23.1 Å². The fourth-order valence-electron chi connectivity index (χ4n) is 1.41. The number of hydrogen-bond acceptors (Lipinski definition) is 8. The number of hydrogen-bond donors (Lipinski definition) is 1. The van der Waals surface area contributed by atoms with Crippen molar-refractivity contribution in [2.45, 2.75) is 49.6 Å². The molecule has 0 fully saturated rings. The van der Waals surface area contributed by atoms with Gasteiger partial charge in [0.2, 0.25) is 11.0 Å². The van der Waals surface area contributed by atoms with Gasteiger partial charge in [0.15, 0.2) is 10.2 Å². The molecule has 0 radical (unpaired) electrons. The van der Waals surface area contributed by atoms with E-state index in [2.05, 4.69) is 32.6 Å². The van der Waals surface area contributed by atoms with Crippen LogP contribution in [0.5, 0.6) is 0 Å². The maximum absolute atomic E-state index is 5.29. The average Bonchev–Trinajstić information content (AvgIpc) is 3.05. The highest BCUT2D eigenvalue weighted by molar-refractivity contribution is 8.01. The van der Waals surface area contributed by atoms with Crippen molar-refractivity contribution < 1.29 is 4.52 Å². The Bertz CT molecular complexity index is 539. The third-order valence-corrected chi connectivity index (χ3v) is 4.58. The number of aromatic nitrogens is 4. The second kappa shape index (κ2) is 7.03. The Morgan fingerprint density at radius 3 is 2.75 bits per heavy atom. The van der Waals surface area contributed by atoms with Crippen LogP contribution in [0.4, 0.5) is 5.13 Å². The highest BCUT2D eigenvalue weighted by Gasteiger charge is 2.19. The Kier molecular flexibility index (Phi) is 5.36. The molecule has 1 unspecified atom stereocenters. The molecule has 8 heteroatoms. The first kappa shape index (κ1) is 15.2. The first-order valence-corrected chi connectivity index (χ1v) is 8.37. The minimum atomic E-state index is 0.0713. The summed E-state index contributed by atoms with van der Waals surface area (Å²) in [6.07, 6.45) is 1.07. The summed E-state index contributed by atoms with van der Waals surface area (Å²) in [5.74, 6) is 1.66. The molecule has 6 nitrogen and oxygen atoms in total. The number of rotatable bonds is 7. The molecule has 2 aromatic heterocycles. The molecule has 0 saturated carbocycles. The predicted molar refractivity (Wildman–Crippen MR) is 81.3 cm³/mol. The topological polar surface area (TPSA) is 76.7 Å². The zero-order valence-corrected chi connectivity index (χ0v) is 13.7. The normalized spacial score (nSPS) is 12.8. The molecule has 2 rings (SSSR count). The first-order valence-electron chi connectivity index (χ1n) is 6.67. The van der Waals surface area contributed by atoms with Gasteiger partial charge in [-0.3, -0.25) is 0 Å². The summed E-state index contributed by atoms with van der Waals surface area (Å²) < 4.78 is 6.19. The van der Waals surface area contributed by atoms with E-state index < -0.39 is 0 Å². The van der Waals surface area contributed by atoms with Crippen molar-refractivity contribution in [3.63, 3.8) is 0 Å². The van der Waals surface area contributed by atoms with Gasteiger partial charge in [-0.25, -0.2) is 0 Å². The van der Waals surface area contributed by atoms with E-state index in [0.29, 0.717) is 5.89 Å². The standard InChI is InChI=1S/C12H19N5OS2/c1-5-6-13-11-15-16-12(20-11)19-8(4)10-14-9(7(2)3)17-18-10/h7-8H,5-6H2,1-4H3,(H,13,15). The number of nitrogens with one attached hydrogen (secondary N) is 1. The summed E-state index contributed by atoms with van der Waals surface area (Å²) in [7, 11) is 0. The maximum Gasteiger partial charge on any atom is 0.239 e. The van der Waals surface area contributed by atoms with Gasteiger partial charge >= 0.3 is 0 Å². The van der Waals surface area contributed by atoms with Gasteiger partial charge in [-0.2, -0.15) is 4.98 Å². The van der Waals surface area contributed by atoms with Crippen LogP contribution in [-0.2, 0) is 0 Å². The van der Waals surface area contributed by atoms with Crippen molar-refractivity contribution in [3.8, 4) is 0 Å². The summed E-state index contributed by atoms with van der Waals surface area (Å²) >= 11 is 3.13. The lowest BCUT2D eigenvalue weighted by atomic mass is 10.2.